The first kappa shape index (κ1) is 33.2. The van der Waals surface area contributed by atoms with Crippen molar-refractivity contribution in [3.63, 3.8) is 0 Å². The third kappa shape index (κ3) is 5.22. The van der Waals surface area contributed by atoms with Crippen LogP contribution in [-0.2, 0) is 0 Å². The average molecular weight is 741 g/mol. The summed E-state index contributed by atoms with van der Waals surface area (Å²) in [6.45, 7) is 0. The molecule has 6 nitrogen and oxygen atoms in total. The number of nitriles is 1. The van der Waals surface area contributed by atoms with E-state index in [0.717, 1.165) is 77.2 Å². The van der Waals surface area contributed by atoms with Gasteiger partial charge in [-0.15, -0.1) is 0 Å². The molecule has 11 aromatic rings. The van der Waals surface area contributed by atoms with Gasteiger partial charge in [-0.25, -0.2) is 15.0 Å². The van der Waals surface area contributed by atoms with E-state index in [0.29, 0.717) is 28.6 Å². The van der Waals surface area contributed by atoms with Crippen LogP contribution in [0.2, 0.25) is 0 Å². The standard InChI is InChI=1S/C52H32N6/c53-33-37-32-42(52-55-50(35-20-6-2-7-21-35)54-51(56-52)36-22-8-3-9-23-36)49(58-45-30-16-12-26-40(45)41-27-13-17-31-46(41)58)47(34-18-4-1-5-19-34)48(37)57-43-28-14-10-24-38(43)39-25-11-15-29-44(39)57/h1-32H. The van der Waals surface area contributed by atoms with Gasteiger partial charge in [0.15, 0.2) is 17.5 Å². The number of para-hydroxylation sites is 4. The molecule has 0 spiro atoms. The number of hydrogen-bond acceptors (Lipinski definition) is 4. The Morgan fingerprint density at radius 1 is 0.362 bits per heavy atom. The maximum absolute atomic E-state index is 11.4. The van der Waals surface area contributed by atoms with Gasteiger partial charge in [0.1, 0.15) is 6.07 Å². The quantitative estimate of drug-likeness (QED) is 0.170. The molecule has 0 N–H and O–H groups in total. The maximum atomic E-state index is 11.4. The summed E-state index contributed by atoms with van der Waals surface area (Å²) >= 11 is 0. The Morgan fingerprint density at radius 3 is 1.12 bits per heavy atom. The van der Waals surface area contributed by atoms with Crippen LogP contribution in [0, 0.1) is 11.3 Å². The minimum Gasteiger partial charge on any atom is -0.308 e. The monoisotopic (exact) mass is 740 g/mol. The average Bonchev–Trinajstić information content (AvgIpc) is 3.82. The molecule has 0 saturated heterocycles. The molecule has 270 valence electrons. The lowest BCUT2D eigenvalue weighted by atomic mass is 9.93. The van der Waals surface area contributed by atoms with Crippen molar-refractivity contribution >= 4 is 43.6 Å². The third-order valence-corrected chi connectivity index (χ3v) is 11.0. The highest BCUT2D eigenvalue weighted by Gasteiger charge is 2.29. The second kappa shape index (κ2) is 13.6. The highest BCUT2D eigenvalue weighted by molar-refractivity contribution is 6.13. The zero-order valence-electron chi connectivity index (χ0n) is 31.2. The summed E-state index contributed by atoms with van der Waals surface area (Å²) in [5, 5.41) is 15.9. The van der Waals surface area contributed by atoms with Crippen LogP contribution < -0.4 is 0 Å². The van der Waals surface area contributed by atoms with E-state index in [-0.39, 0.29) is 0 Å². The van der Waals surface area contributed by atoms with Crippen molar-refractivity contribution in [1.82, 2.24) is 24.1 Å². The first-order valence-corrected chi connectivity index (χ1v) is 19.3. The van der Waals surface area contributed by atoms with Crippen LogP contribution in [0.1, 0.15) is 5.56 Å². The van der Waals surface area contributed by atoms with Crippen LogP contribution in [0.3, 0.4) is 0 Å². The lowest BCUT2D eigenvalue weighted by Gasteiger charge is -2.24. The molecule has 0 unspecified atom stereocenters. The molecular weight excluding hydrogens is 709 g/mol. The van der Waals surface area contributed by atoms with E-state index in [2.05, 4.69) is 137 Å². The summed E-state index contributed by atoms with van der Waals surface area (Å²) in [6, 6.07) is 69.0. The van der Waals surface area contributed by atoms with Gasteiger partial charge >= 0.3 is 0 Å². The van der Waals surface area contributed by atoms with E-state index in [4.69, 9.17) is 15.0 Å². The first-order chi connectivity index (χ1) is 28.8. The summed E-state index contributed by atoms with van der Waals surface area (Å²) < 4.78 is 4.61. The van der Waals surface area contributed by atoms with Crippen LogP contribution in [0.25, 0.3) is 100 Å². The Bertz CT molecular complexity index is 3230. The summed E-state index contributed by atoms with van der Waals surface area (Å²) in [5.74, 6) is 1.56. The molecule has 0 aliphatic carbocycles. The smallest absolute Gasteiger partial charge is 0.166 e. The normalized spacial score (nSPS) is 11.4. The van der Waals surface area contributed by atoms with E-state index in [1.807, 2.05) is 72.8 Å². The number of benzene rings is 8. The lowest BCUT2D eigenvalue weighted by Crippen LogP contribution is -2.10. The molecule has 11 rings (SSSR count). The topological polar surface area (TPSA) is 72.3 Å². The van der Waals surface area contributed by atoms with Crippen molar-refractivity contribution in [3.05, 3.63) is 200 Å². The lowest BCUT2D eigenvalue weighted by molar-refractivity contribution is 1.06. The highest BCUT2D eigenvalue weighted by atomic mass is 15.1. The Hall–Kier alpha value is -8.14. The van der Waals surface area contributed by atoms with Crippen molar-refractivity contribution in [2.75, 3.05) is 0 Å². The van der Waals surface area contributed by atoms with Crippen LogP contribution in [0.4, 0.5) is 0 Å². The van der Waals surface area contributed by atoms with Gasteiger partial charge in [-0.05, 0) is 35.9 Å². The fourth-order valence-electron chi connectivity index (χ4n) is 8.52. The fourth-order valence-corrected chi connectivity index (χ4v) is 8.52. The van der Waals surface area contributed by atoms with Gasteiger partial charge in [0, 0.05) is 43.8 Å². The molecule has 0 fully saturated rings. The van der Waals surface area contributed by atoms with Gasteiger partial charge in [0.05, 0.1) is 39.0 Å². The summed E-state index contributed by atoms with van der Waals surface area (Å²) in [6.07, 6.45) is 0. The largest absolute Gasteiger partial charge is 0.308 e. The van der Waals surface area contributed by atoms with Gasteiger partial charge in [0.2, 0.25) is 0 Å². The molecule has 0 saturated carbocycles. The van der Waals surface area contributed by atoms with Crippen LogP contribution in [0.15, 0.2) is 194 Å². The van der Waals surface area contributed by atoms with Gasteiger partial charge in [0.25, 0.3) is 0 Å². The molecule has 0 atom stereocenters. The zero-order chi connectivity index (χ0) is 38.6. The van der Waals surface area contributed by atoms with Gasteiger partial charge < -0.3 is 9.13 Å². The maximum Gasteiger partial charge on any atom is 0.166 e. The van der Waals surface area contributed by atoms with Crippen molar-refractivity contribution in [2.24, 2.45) is 0 Å². The van der Waals surface area contributed by atoms with E-state index in [1.54, 1.807) is 0 Å². The van der Waals surface area contributed by atoms with Crippen molar-refractivity contribution < 1.29 is 0 Å². The third-order valence-electron chi connectivity index (χ3n) is 11.0. The van der Waals surface area contributed by atoms with E-state index < -0.39 is 0 Å². The van der Waals surface area contributed by atoms with Crippen LogP contribution in [-0.4, -0.2) is 24.1 Å². The summed E-state index contributed by atoms with van der Waals surface area (Å²) in [4.78, 5) is 15.6. The highest BCUT2D eigenvalue weighted by Crippen LogP contribution is 2.47. The number of fused-ring (bicyclic) bond motifs is 6. The molecule has 0 aliphatic rings. The van der Waals surface area contributed by atoms with E-state index in [1.165, 1.54) is 0 Å². The molecule has 0 bridgehead atoms. The predicted octanol–water partition coefficient (Wildman–Crippen LogP) is 12.6. The Morgan fingerprint density at radius 2 is 0.707 bits per heavy atom. The molecule has 3 aromatic heterocycles. The van der Waals surface area contributed by atoms with Gasteiger partial charge in [-0.3, -0.25) is 0 Å². The van der Waals surface area contributed by atoms with E-state index in [9.17, 15) is 5.26 Å². The second-order valence-corrected chi connectivity index (χ2v) is 14.3. The van der Waals surface area contributed by atoms with Crippen molar-refractivity contribution in [2.45, 2.75) is 0 Å². The molecule has 6 heteroatoms. The molecule has 0 aliphatic heterocycles. The first-order valence-electron chi connectivity index (χ1n) is 19.3. The second-order valence-electron chi connectivity index (χ2n) is 14.3. The minimum atomic E-state index is 0.465. The molecule has 0 radical (unpaired) electrons. The Balaban J connectivity index is 1.38. The number of aromatic nitrogens is 5. The van der Waals surface area contributed by atoms with Crippen LogP contribution in [0.5, 0.6) is 0 Å². The SMILES string of the molecule is N#Cc1cc(-c2nc(-c3ccccc3)nc(-c3ccccc3)n2)c(-n2c3ccccc3c3ccccc32)c(-c2ccccc2)c1-n1c2ccccc2c2ccccc21. The molecule has 8 aromatic carbocycles. The van der Waals surface area contributed by atoms with Gasteiger partial charge in [-0.2, -0.15) is 5.26 Å². The molecule has 0 amide bonds. The van der Waals surface area contributed by atoms with Crippen LogP contribution >= 0.6 is 0 Å². The predicted molar refractivity (Wildman–Crippen MR) is 235 cm³/mol. The Kier molecular flexibility index (Phi) is 7.76. The number of nitrogens with zero attached hydrogens (tertiary/aromatic N) is 6. The fraction of sp³-hybridized carbons (Fsp3) is 0. The van der Waals surface area contributed by atoms with E-state index >= 15 is 0 Å². The zero-order valence-corrected chi connectivity index (χ0v) is 31.2. The number of hydrogen-bond donors (Lipinski definition) is 0. The molecule has 3 heterocycles. The molecule has 58 heavy (non-hydrogen) atoms. The summed E-state index contributed by atoms with van der Waals surface area (Å²) in [5.41, 5.74) is 10.5. The minimum absolute atomic E-state index is 0.465. The number of rotatable bonds is 6. The van der Waals surface area contributed by atoms with Gasteiger partial charge in [-0.1, -0.05) is 164 Å². The summed E-state index contributed by atoms with van der Waals surface area (Å²) in [7, 11) is 0. The Labute approximate surface area is 334 Å². The van der Waals surface area contributed by atoms with Crippen molar-refractivity contribution in [1.29, 1.82) is 5.26 Å². The van der Waals surface area contributed by atoms with Crippen molar-refractivity contribution in [3.8, 4) is 62.7 Å². The molecular formula is C52H32N6.